The van der Waals surface area contributed by atoms with Crippen molar-refractivity contribution in [3.05, 3.63) is 123 Å². The number of nitrogens with one attached hydrogen (secondary N) is 3. The number of nitrogens with zero attached hydrogens (tertiary/aromatic N) is 2. The van der Waals surface area contributed by atoms with Gasteiger partial charge in [0.1, 0.15) is 11.8 Å². The van der Waals surface area contributed by atoms with E-state index < -0.39 is 32.2 Å². The highest BCUT2D eigenvalue weighted by Gasteiger charge is 2.18. The fraction of sp³-hybridized carbons (Fsp3) is 0.0370. The van der Waals surface area contributed by atoms with Gasteiger partial charge >= 0.3 is 0 Å². The van der Waals surface area contributed by atoms with Crippen molar-refractivity contribution in [1.82, 2.24) is 4.98 Å². The fourth-order valence-electron chi connectivity index (χ4n) is 4.27. The molecule has 0 aliphatic heterocycles. The Morgan fingerprint density at radius 1 is 0.838 bits per heavy atom. The normalized spacial score (nSPS) is 10.8. The summed E-state index contributed by atoms with van der Waals surface area (Å²) in [6, 6.07) is 17.7. The topological polar surface area (TPSA) is 167 Å². The summed E-state index contributed by atoms with van der Waals surface area (Å²) in [5.74, 6) is 0.345. The molecule has 10 heteroatoms. The first kappa shape index (κ1) is 23.2. The molecule has 3 aromatic rings. The second-order valence-corrected chi connectivity index (χ2v) is 8.27. The highest BCUT2D eigenvalue weighted by Crippen LogP contribution is 2.31. The van der Waals surface area contributed by atoms with E-state index in [0.717, 1.165) is 17.8 Å². The summed E-state index contributed by atoms with van der Waals surface area (Å²) in [6.07, 6.45) is 0. The van der Waals surface area contributed by atoms with E-state index >= 15 is 0 Å². The first-order valence-electron chi connectivity index (χ1n) is 11.1. The van der Waals surface area contributed by atoms with Gasteiger partial charge in [-0.05, 0) is 42.8 Å². The van der Waals surface area contributed by atoms with Crippen LogP contribution in [0.25, 0.3) is 10.8 Å². The molecule has 10 nitrogen and oxygen atoms in total. The molecule has 0 bridgehead atoms. The zero-order valence-corrected chi connectivity index (χ0v) is 19.4. The fourth-order valence-corrected chi connectivity index (χ4v) is 4.27. The molecule has 2 aliphatic rings. The van der Waals surface area contributed by atoms with Crippen molar-refractivity contribution in [3.8, 4) is 6.07 Å². The first-order valence-corrected chi connectivity index (χ1v) is 11.1. The second kappa shape index (κ2) is 8.90. The van der Waals surface area contributed by atoms with E-state index in [4.69, 9.17) is 5.73 Å². The smallest absolute Gasteiger partial charge is 0.200 e. The van der Waals surface area contributed by atoms with Gasteiger partial charge in [0.25, 0.3) is 0 Å². The highest BCUT2D eigenvalue weighted by atomic mass is 16.1. The Bertz CT molecular complexity index is 2030. The molecule has 5 rings (SSSR count). The first-order chi connectivity index (χ1) is 17.8. The summed E-state index contributed by atoms with van der Waals surface area (Å²) < 4.78 is 0. The van der Waals surface area contributed by atoms with Crippen molar-refractivity contribution >= 4 is 39.5 Å². The van der Waals surface area contributed by atoms with E-state index in [-0.39, 0.29) is 39.3 Å². The van der Waals surface area contributed by atoms with E-state index in [9.17, 15) is 24.4 Å². The minimum Gasteiger partial charge on any atom is -0.382 e. The second-order valence-electron chi connectivity index (χ2n) is 8.27. The number of anilines is 5. The van der Waals surface area contributed by atoms with Gasteiger partial charge in [0, 0.05) is 11.1 Å². The highest BCUT2D eigenvalue weighted by molar-refractivity contribution is 5.94. The molecule has 0 radical (unpaired) electrons. The van der Waals surface area contributed by atoms with Crippen LogP contribution in [-0.4, -0.2) is 4.98 Å². The Morgan fingerprint density at radius 3 is 2.19 bits per heavy atom. The maximum Gasteiger partial charge on any atom is 0.200 e. The van der Waals surface area contributed by atoms with Crippen molar-refractivity contribution in [2.75, 3.05) is 21.9 Å². The number of nitrogens with two attached hydrogens (primary N) is 1. The standard InChI is InChI=1S/C27H18N6O4/c1-13-16(12-28)27(30-14-6-3-2-4-7-14)31-26(29)23(13)33-32-17-9-5-8-15-20(17)25(37)22-19(35)11-10-18(34)21(22)24(15)36/h2-11,32-33H,1H3,(H3,29,30,31). The van der Waals surface area contributed by atoms with E-state index in [0.29, 0.717) is 5.56 Å². The molecule has 0 saturated heterocycles. The maximum absolute atomic E-state index is 13.3. The molecule has 0 spiro atoms. The van der Waals surface area contributed by atoms with Gasteiger partial charge in [-0.2, -0.15) is 5.26 Å². The number of pyridine rings is 1. The predicted molar refractivity (Wildman–Crippen MR) is 142 cm³/mol. The Hall–Kier alpha value is -5.56. The van der Waals surface area contributed by atoms with Crippen molar-refractivity contribution in [2.45, 2.75) is 6.92 Å². The summed E-state index contributed by atoms with van der Waals surface area (Å²) in [4.78, 5) is 55.3. The lowest BCUT2D eigenvalue weighted by atomic mass is 10.0. The number of hydrogen-bond donors (Lipinski definition) is 4. The number of fused-ring (bicyclic) bond motifs is 1. The lowest BCUT2D eigenvalue weighted by Crippen LogP contribution is -2.28. The number of para-hydroxylation sites is 1. The van der Waals surface area contributed by atoms with Crippen LogP contribution in [0.1, 0.15) is 11.1 Å². The van der Waals surface area contributed by atoms with Gasteiger partial charge in [-0.15, -0.1) is 0 Å². The summed E-state index contributed by atoms with van der Waals surface area (Å²) >= 11 is 0. The van der Waals surface area contributed by atoms with Crippen LogP contribution in [0.15, 0.2) is 79.8 Å². The number of hydrogen-bond acceptors (Lipinski definition) is 10. The molecule has 0 atom stereocenters. The van der Waals surface area contributed by atoms with Gasteiger partial charge in [-0.1, -0.05) is 30.3 Å². The van der Waals surface area contributed by atoms with E-state index in [1.165, 1.54) is 18.2 Å². The SMILES string of the molecule is Cc1c(C#N)c(Nc2ccccc2)nc(N)c1NNc1cccc2c(=O)c3c(=O)ccc(=O)c=3c(=O)c12. The summed E-state index contributed by atoms with van der Waals surface area (Å²) in [6.45, 7) is 1.68. The van der Waals surface area contributed by atoms with Crippen LogP contribution < -0.4 is 43.6 Å². The Labute approximate surface area is 208 Å². The van der Waals surface area contributed by atoms with Crippen molar-refractivity contribution in [3.63, 3.8) is 0 Å². The van der Waals surface area contributed by atoms with Gasteiger partial charge in [0.05, 0.1) is 27.1 Å². The molecule has 0 amide bonds. The van der Waals surface area contributed by atoms with Gasteiger partial charge in [0.2, 0.25) is 5.43 Å². The minimum atomic E-state index is -0.736. The third-order valence-corrected chi connectivity index (χ3v) is 6.06. The van der Waals surface area contributed by atoms with Crippen molar-refractivity contribution < 1.29 is 0 Å². The molecule has 0 fully saturated rings. The largest absolute Gasteiger partial charge is 0.382 e. The van der Waals surface area contributed by atoms with E-state index in [1.54, 1.807) is 6.92 Å². The summed E-state index contributed by atoms with van der Waals surface area (Å²) in [5, 5.41) is 11.9. The molecule has 37 heavy (non-hydrogen) atoms. The lowest BCUT2D eigenvalue weighted by Gasteiger charge is -2.18. The monoisotopic (exact) mass is 490 g/mol. The molecule has 1 aromatic heterocycles. The van der Waals surface area contributed by atoms with Crippen LogP contribution in [0.4, 0.5) is 28.7 Å². The quantitative estimate of drug-likeness (QED) is 0.268. The van der Waals surface area contributed by atoms with E-state index in [2.05, 4.69) is 27.2 Å². The van der Waals surface area contributed by atoms with Crippen LogP contribution in [0.3, 0.4) is 0 Å². The molecule has 0 unspecified atom stereocenters. The molecular weight excluding hydrogens is 472 g/mol. The van der Waals surface area contributed by atoms with Crippen LogP contribution in [0, 0.1) is 28.7 Å². The van der Waals surface area contributed by atoms with E-state index in [1.807, 2.05) is 30.3 Å². The van der Waals surface area contributed by atoms with Gasteiger partial charge in [-0.25, -0.2) is 4.98 Å². The molecular formula is C27H18N6O4. The van der Waals surface area contributed by atoms with Crippen LogP contribution in [-0.2, 0) is 0 Å². The molecule has 2 aliphatic carbocycles. The molecule has 180 valence electrons. The molecule has 1 heterocycles. The number of rotatable bonds is 5. The average molecular weight is 490 g/mol. The predicted octanol–water partition coefficient (Wildman–Crippen LogP) is 2.22. The molecule has 0 saturated carbocycles. The Kier molecular flexibility index (Phi) is 5.58. The van der Waals surface area contributed by atoms with Crippen molar-refractivity contribution in [1.29, 1.82) is 5.26 Å². The summed E-state index contributed by atoms with van der Waals surface area (Å²) in [7, 11) is 0. The zero-order valence-electron chi connectivity index (χ0n) is 19.4. The third kappa shape index (κ3) is 3.81. The lowest BCUT2D eigenvalue weighted by molar-refractivity contribution is 1.23. The minimum absolute atomic E-state index is 0.00468. The molecule has 5 N–H and O–H groups in total. The van der Waals surface area contributed by atoms with Crippen LogP contribution in [0.5, 0.6) is 0 Å². The zero-order chi connectivity index (χ0) is 26.3. The van der Waals surface area contributed by atoms with Crippen LogP contribution >= 0.6 is 0 Å². The average Bonchev–Trinajstić information content (AvgIpc) is 2.89. The van der Waals surface area contributed by atoms with Gasteiger partial charge < -0.3 is 11.1 Å². The number of hydrazine groups is 1. The number of nitriles is 1. The maximum atomic E-state index is 13.3. The van der Waals surface area contributed by atoms with Crippen molar-refractivity contribution in [2.24, 2.45) is 0 Å². The number of benzene rings is 2. The van der Waals surface area contributed by atoms with Crippen LogP contribution in [0.2, 0.25) is 0 Å². The number of nitrogen functional groups attached to an aromatic ring is 1. The number of aromatic nitrogens is 1. The molecule has 2 aromatic carbocycles. The summed E-state index contributed by atoms with van der Waals surface area (Å²) in [5.41, 5.74) is 11.0. The Morgan fingerprint density at radius 2 is 1.51 bits per heavy atom. The Balaban J connectivity index is 1.60. The van der Waals surface area contributed by atoms with Gasteiger partial charge in [-0.3, -0.25) is 30.0 Å². The third-order valence-electron chi connectivity index (χ3n) is 6.06. The van der Waals surface area contributed by atoms with Gasteiger partial charge in [0.15, 0.2) is 27.9 Å².